The molecule has 0 bridgehead atoms. The third-order valence-corrected chi connectivity index (χ3v) is 2.35. The Morgan fingerprint density at radius 2 is 2.15 bits per heavy atom. The zero-order valence-electron chi connectivity index (χ0n) is 7.21. The summed E-state index contributed by atoms with van der Waals surface area (Å²) in [7, 11) is 0. The first-order valence-corrected chi connectivity index (χ1v) is 5.15. The van der Waals surface area contributed by atoms with E-state index in [0.717, 1.165) is 12.0 Å². The molecule has 1 atom stereocenters. The third kappa shape index (κ3) is 3.55. The monoisotopic (exact) mass is 218 g/mol. The molecule has 0 saturated carbocycles. The molecule has 0 heterocycles. The first-order chi connectivity index (χ1) is 6.24. The Bertz CT molecular complexity index is 263. The van der Waals surface area contributed by atoms with Crippen molar-refractivity contribution in [2.24, 2.45) is 0 Å². The minimum Gasteiger partial charge on any atom is -0.388 e. The second-order valence-electron chi connectivity index (χ2n) is 2.90. The highest BCUT2D eigenvalue weighted by molar-refractivity contribution is 6.30. The molecule has 0 spiro atoms. The lowest BCUT2D eigenvalue weighted by atomic mass is 10.1. The summed E-state index contributed by atoms with van der Waals surface area (Å²) in [4.78, 5) is 0. The molecular weight excluding hydrogens is 207 g/mol. The summed E-state index contributed by atoms with van der Waals surface area (Å²) in [6, 6.07) is 7.27. The Hall–Kier alpha value is -0.240. The molecule has 1 nitrogen and oxygen atoms in total. The maximum Gasteiger partial charge on any atom is 0.0791 e. The fourth-order valence-electron chi connectivity index (χ4n) is 1.15. The molecule has 1 aromatic rings. The van der Waals surface area contributed by atoms with E-state index in [4.69, 9.17) is 23.2 Å². The van der Waals surface area contributed by atoms with Crippen LogP contribution in [-0.2, 0) is 0 Å². The van der Waals surface area contributed by atoms with Crippen molar-refractivity contribution in [3.8, 4) is 0 Å². The van der Waals surface area contributed by atoms with Crippen LogP contribution in [0.15, 0.2) is 24.3 Å². The predicted molar refractivity (Wildman–Crippen MR) is 56.4 cm³/mol. The van der Waals surface area contributed by atoms with E-state index in [9.17, 15) is 5.11 Å². The van der Waals surface area contributed by atoms with E-state index in [-0.39, 0.29) is 0 Å². The number of rotatable bonds is 4. The molecule has 3 heteroatoms. The Balaban J connectivity index is 2.60. The van der Waals surface area contributed by atoms with Gasteiger partial charge in [0.05, 0.1) is 6.10 Å². The minimum absolute atomic E-state index is 0.447. The van der Waals surface area contributed by atoms with Gasteiger partial charge in [-0.1, -0.05) is 23.7 Å². The van der Waals surface area contributed by atoms with Gasteiger partial charge in [-0.3, -0.25) is 0 Å². The molecule has 0 aliphatic rings. The molecule has 0 radical (unpaired) electrons. The molecule has 1 unspecified atom stereocenters. The largest absolute Gasteiger partial charge is 0.388 e. The molecule has 0 fully saturated rings. The van der Waals surface area contributed by atoms with Gasteiger partial charge in [-0.25, -0.2) is 0 Å². The van der Waals surface area contributed by atoms with Gasteiger partial charge in [0.2, 0.25) is 0 Å². The highest BCUT2D eigenvalue weighted by atomic mass is 35.5. The molecule has 1 rings (SSSR count). The summed E-state index contributed by atoms with van der Waals surface area (Å²) in [5, 5.41) is 10.3. The van der Waals surface area contributed by atoms with Crippen molar-refractivity contribution < 1.29 is 5.11 Å². The van der Waals surface area contributed by atoms with E-state index >= 15 is 0 Å². The first-order valence-electron chi connectivity index (χ1n) is 4.23. The summed E-state index contributed by atoms with van der Waals surface area (Å²) in [5.74, 6) is 0.581. The van der Waals surface area contributed by atoms with Crippen LogP contribution in [0.4, 0.5) is 0 Å². The fourth-order valence-corrected chi connectivity index (χ4v) is 1.50. The molecule has 0 aliphatic heterocycles. The second-order valence-corrected chi connectivity index (χ2v) is 3.72. The Morgan fingerprint density at radius 1 is 1.38 bits per heavy atom. The highest BCUT2D eigenvalue weighted by Crippen LogP contribution is 2.21. The van der Waals surface area contributed by atoms with Crippen molar-refractivity contribution in [3.05, 3.63) is 34.9 Å². The van der Waals surface area contributed by atoms with Gasteiger partial charge in [0.1, 0.15) is 0 Å². The lowest BCUT2D eigenvalue weighted by Crippen LogP contribution is -1.97. The van der Waals surface area contributed by atoms with Crippen molar-refractivity contribution in [1.82, 2.24) is 0 Å². The number of benzene rings is 1. The fraction of sp³-hybridized carbons (Fsp3) is 0.400. The number of hydrogen-bond acceptors (Lipinski definition) is 1. The van der Waals surface area contributed by atoms with Crippen LogP contribution in [0.3, 0.4) is 0 Å². The van der Waals surface area contributed by atoms with Gasteiger partial charge < -0.3 is 5.11 Å². The second kappa shape index (κ2) is 5.48. The molecule has 72 valence electrons. The van der Waals surface area contributed by atoms with Gasteiger partial charge in [-0.15, -0.1) is 11.6 Å². The van der Waals surface area contributed by atoms with Gasteiger partial charge in [-0.2, -0.15) is 0 Å². The first kappa shape index (κ1) is 10.8. The van der Waals surface area contributed by atoms with Gasteiger partial charge in [-0.05, 0) is 30.5 Å². The normalized spacial score (nSPS) is 12.8. The number of halogens is 2. The SMILES string of the molecule is OC(CCCCl)c1cccc(Cl)c1. The maximum absolute atomic E-state index is 9.66. The van der Waals surface area contributed by atoms with E-state index in [1.165, 1.54) is 0 Å². The summed E-state index contributed by atoms with van der Waals surface area (Å²) < 4.78 is 0. The lowest BCUT2D eigenvalue weighted by Gasteiger charge is -2.09. The Labute approximate surface area is 88.3 Å². The zero-order chi connectivity index (χ0) is 9.68. The molecule has 1 aromatic carbocycles. The molecule has 0 aromatic heterocycles. The van der Waals surface area contributed by atoms with Crippen molar-refractivity contribution in [1.29, 1.82) is 0 Å². The standard InChI is InChI=1S/C10H12Cl2O/c11-6-2-5-10(13)8-3-1-4-9(12)7-8/h1,3-4,7,10,13H,2,5-6H2. The van der Waals surface area contributed by atoms with Gasteiger partial charge in [0, 0.05) is 10.9 Å². The van der Waals surface area contributed by atoms with Gasteiger partial charge >= 0.3 is 0 Å². The molecule has 0 saturated heterocycles. The van der Waals surface area contributed by atoms with Crippen LogP contribution >= 0.6 is 23.2 Å². The van der Waals surface area contributed by atoms with E-state index in [1.54, 1.807) is 12.1 Å². The highest BCUT2D eigenvalue weighted by Gasteiger charge is 2.06. The van der Waals surface area contributed by atoms with E-state index in [1.807, 2.05) is 12.1 Å². The number of alkyl halides is 1. The summed E-state index contributed by atoms with van der Waals surface area (Å²) in [5.41, 5.74) is 0.859. The van der Waals surface area contributed by atoms with Crippen molar-refractivity contribution in [3.63, 3.8) is 0 Å². The van der Waals surface area contributed by atoms with Crippen LogP contribution in [0.1, 0.15) is 24.5 Å². The molecule has 1 N–H and O–H groups in total. The minimum atomic E-state index is -0.447. The summed E-state index contributed by atoms with van der Waals surface area (Å²) in [6.45, 7) is 0. The molecule has 13 heavy (non-hydrogen) atoms. The maximum atomic E-state index is 9.66. The average molecular weight is 219 g/mol. The average Bonchev–Trinajstić information content (AvgIpc) is 2.14. The van der Waals surface area contributed by atoms with Gasteiger partial charge in [0.15, 0.2) is 0 Å². The molecular formula is C10H12Cl2O. The quantitative estimate of drug-likeness (QED) is 0.769. The van der Waals surface area contributed by atoms with Crippen LogP contribution in [-0.4, -0.2) is 11.0 Å². The van der Waals surface area contributed by atoms with E-state index in [0.29, 0.717) is 17.3 Å². The Morgan fingerprint density at radius 3 is 2.77 bits per heavy atom. The molecule has 0 aliphatic carbocycles. The smallest absolute Gasteiger partial charge is 0.0791 e. The summed E-state index contributed by atoms with van der Waals surface area (Å²) in [6.07, 6.45) is 1.05. The van der Waals surface area contributed by atoms with Crippen molar-refractivity contribution in [2.45, 2.75) is 18.9 Å². The van der Waals surface area contributed by atoms with E-state index < -0.39 is 6.10 Å². The van der Waals surface area contributed by atoms with Crippen LogP contribution in [0, 0.1) is 0 Å². The van der Waals surface area contributed by atoms with E-state index in [2.05, 4.69) is 0 Å². The lowest BCUT2D eigenvalue weighted by molar-refractivity contribution is 0.167. The molecule has 0 amide bonds. The van der Waals surface area contributed by atoms with Gasteiger partial charge in [0.25, 0.3) is 0 Å². The topological polar surface area (TPSA) is 20.2 Å². The zero-order valence-corrected chi connectivity index (χ0v) is 8.72. The Kier molecular flexibility index (Phi) is 4.57. The van der Waals surface area contributed by atoms with Crippen LogP contribution in [0.5, 0.6) is 0 Å². The van der Waals surface area contributed by atoms with Crippen molar-refractivity contribution in [2.75, 3.05) is 5.88 Å². The van der Waals surface area contributed by atoms with Crippen molar-refractivity contribution >= 4 is 23.2 Å². The number of hydrogen-bond donors (Lipinski definition) is 1. The number of aliphatic hydroxyl groups is 1. The third-order valence-electron chi connectivity index (χ3n) is 1.84. The van der Waals surface area contributed by atoms with Crippen LogP contribution in [0.2, 0.25) is 5.02 Å². The van der Waals surface area contributed by atoms with Crippen LogP contribution in [0.25, 0.3) is 0 Å². The number of aliphatic hydroxyl groups excluding tert-OH is 1. The summed E-state index contributed by atoms with van der Waals surface area (Å²) >= 11 is 11.3. The predicted octanol–water partition coefficient (Wildman–Crippen LogP) is 3.39. The van der Waals surface area contributed by atoms with Crippen LogP contribution < -0.4 is 0 Å².